The Bertz CT molecular complexity index is 1090. The molecule has 0 N–H and O–H groups in total. The Hall–Kier alpha value is -2.36. The molecule has 0 aliphatic rings. The highest BCUT2D eigenvalue weighted by Crippen LogP contribution is 2.29. The average Bonchev–Trinajstić information content (AvgIpc) is 3.22. The largest absolute Gasteiger partial charge is 0.493 e. The summed E-state index contributed by atoms with van der Waals surface area (Å²) in [4.78, 5) is 15.8. The summed E-state index contributed by atoms with van der Waals surface area (Å²) in [5, 5.41) is 0.519. The minimum Gasteiger partial charge on any atom is -0.493 e. The normalized spacial score (nSPS) is 10.8. The van der Waals surface area contributed by atoms with Crippen LogP contribution in [0.4, 0.5) is 19.0 Å². The lowest BCUT2D eigenvalue weighted by Gasteiger charge is -2.24. The van der Waals surface area contributed by atoms with Gasteiger partial charge in [0.15, 0.2) is 16.1 Å². The second-order valence-electron chi connectivity index (χ2n) is 6.97. The zero-order valence-corrected chi connectivity index (χ0v) is 20.0. The quantitative estimate of drug-likeness (QED) is 0.277. The Morgan fingerprint density at radius 2 is 1.85 bits per heavy atom. The van der Waals surface area contributed by atoms with Crippen LogP contribution in [0.2, 0.25) is 9.49 Å². The van der Waals surface area contributed by atoms with Crippen LogP contribution < -0.4 is 9.64 Å². The standard InChI is InChI=1S/C22H21Cl2F3N4OS/c1-2-18-19(23)21(30-13-29-18)31(12-16-11-28-22(24)33-16)9-7-14-3-5-15(6-4-14)32-10-8-17(25)20(26)27/h3-6,11,13H,2,7-10,12H2,1H3. The van der Waals surface area contributed by atoms with Gasteiger partial charge >= 0.3 is 6.08 Å². The summed E-state index contributed by atoms with van der Waals surface area (Å²) in [7, 11) is 0. The number of rotatable bonds is 11. The summed E-state index contributed by atoms with van der Waals surface area (Å²) >= 11 is 14.0. The van der Waals surface area contributed by atoms with Crippen molar-refractivity contribution in [3.8, 4) is 5.75 Å². The molecule has 0 fully saturated rings. The third kappa shape index (κ3) is 7.31. The van der Waals surface area contributed by atoms with Gasteiger partial charge in [-0.25, -0.2) is 19.3 Å². The van der Waals surface area contributed by atoms with Crippen LogP contribution in [0.25, 0.3) is 0 Å². The lowest BCUT2D eigenvalue weighted by atomic mass is 10.1. The van der Waals surface area contributed by atoms with E-state index >= 15 is 0 Å². The predicted molar refractivity (Wildman–Crippen MR) is 125 cm³/mol. The van der Waals surface area contributed by atoms with E-state index in [0.29, 0.717) is 47.0 Å². The molecule has 11 heteroatoms. The van der Waals surface area contributed by atoms with Crippen molar-refractivity contribution in [3.63, 3.8) is 0 Å². The van der Waals surface area contributed by atoms with Gasteiger partial charge in [0, 0.05) is 24.0 Å². The summed E-state index contributed by atoms with van der Waals surface area (Å²) in [5.74, 6) is -0.333. The second-order valence-corrected chi connectivity index (χ2v) is 9.05. The first-order chi connectivity index (χ1) is 15.9. The number of hydrogen-bond donors (Lipinski definition) is 0. The molecule has 0 atom stereocenters. The van der Waals surface area contributed by atoms with Crippen molar-refractivity contribution in [3.05, 3.63) is 74.3 Å². The molecule has 0 radical (unpaired) electrons. The molecule has 2 aromatic heterocycles. The van der Waals surface area contributed by atoms with Gasteiger partial charge in [-0.3, -0.25) is 0 Å². The first kappa shape index (κ1) is 25.3. The number of halogens is 5. The van der Waals surface area contributed by atoms with Gasteiger partial charge in [0.1, 0.15) is 17.1 Å². The van der Waals surface area contributed by atoms with Gasteiger partial charge in [0.25, 0.3) is 0 Å². The van der Waals surface area contributed by atoms with Crippen molar-refractivity contribution < 1.29 is 17.9 Å². The molecule has 33 heavy (non-hydrogen) atoms. The minimum absolute atomic E-state index is 0.167. The molecule has 3 aromatic rings. The van der Waals surface area contributed by atoms with Crippen LogP contribution in [0, 0.1) is 0 Å². The Balaban J connectivity index is 1.67. The number of anilines is 1. The molecule has 176 valence electrons. The van der Waals surface area contributed by atoms with E-state index in [1.54, 1.807) is 18.3 Å². The van der Waals surface area contributed by atoms with Crippen molar-refractivity contribution in [1.82, 2.24) is 15.0 Å². The highest BCUT2D eigenvalue weighted by Gasteiger charge is 2.17. The Morgan fingerprint density at radius 3 is 2.48 bits per heavy atom. The van der Waals surface area contributed by atoms with Crippen LogP contribution in [-0.4, -0.2) is 28.1 Å². The molecule has 2 heterocycles. The topological polar surface area (TPSA) is 51.1 Å². The summed E-state index contributed by atoms with van der Waals surface area (Å²) in [6, 6.07) is 7.20. The van der Waals surface area contributed by atoms with E-state index in [4.69, 9.17) is 27.9 Å². The molecule has 0 saturated heterocycles. The van der Waals surface area contributed by atoms with E-state index in [0.717, 1.165) is 16.1 Å². The molecule has 0 aliphatic carbocycles. The smallest absolute Gasteiger partial charge is 0.301 e. The third-order valence-electron chi connectivity index (χ3n) is 4.74. The van der Waals surface area contributed by atoms with E-state index < -0.39 is 18.3 Å². The molecule has 0 amide bonds. The monoisotopic (exact) mass is 516 g/mol. The molecule has 3 rings (SSSR count). The number of ether oxygens (including phenoxy) is 1. The predicted octanol–water partition coefficient (Wildman–Crippen LogP) is 6.90. The lowest BCUT2D eigenvalue weighted by molar-refractivity contribution is 0.295. The Kier molecular flexibility index (Phi) is 9.34. The van der Waals surface area contributed by atoms with Crippen molar-refractivity contribution in [1.29, 1.82) is 0 Å². The third-order valence-corrected chi connectivity index (χ3v) is 6.23. The van der Waals surface area contributed by atoms with Gasteiger partial charge in [0.2, 0.25) is 0 Å². The van der Waals surface area contributed by atoms with Gasteiger partial charge in [-0.05, 0) is 30.5 Å². The molecule has 0 saturated carbocycles. The zero-order valence-electron chi connectivity index (χ0n) is 17.7. The molecule has 0 aliphatic heterocycles. The Morgan fingerprint density at radius 1 is 1.09 bits per heavy atom. The highest BCUT2D eigenvalue weighted by atomic mass is 35.5. The van der Waals surface area contributed by atoms with Gasteiger partial charge in [0.05, 0.1) is 18.8 Å². The highest BCUT2D eigenvalue weighted by molar-refractivity contribution is 7.15. The number of benzene rings is 1. The van der Waals surface area contributed by atoms with Gasteiger partial charge in [-0.15, -0.1) is 11.3 Å². The van der Waals surface area contributed by atoms with Crippen LogP contribution in [0.1, 0.15) is 29.5 Å². The molecule has 0 bridgehead atoms. The molecule has 1 aromatic carbocycles. The second kappa shape index (κ2) is 12.2. The van der Waals surface area contributed by atoms with Crippen LogP contribution in [0.5, 0.6) is 5.75 Å². The molecular weight excluding hydrogens is 496 g/mol. The number of nitrogens with zero attached hydrogens (tertiary/aromatic N) is 4. The maximum absolute atomic E-state index is 12.9. The zero-order chi connectivity index (χ0) is 23.8. The number of hydrogen-bond acceptors (Lipinski definition) is 6. The molecule has 5 nitrogen and oxygen atoms in total. The van der Waals surface area contributed by atoms with Gasteiger partial charge in [-0.1, -0.05) is 42.3 Å². The van der Waals surface area contributed by atoms with Gasteiger partial charge < -0.3 is 9.64 Å². The summed E-state index contributed by atoms with van der Waals surface area (Å²) in [6.45, 7) is 2.96. The maximum Gasteiger partial charge on any atom is 0.301 e. The molecule has 0 spiro atoms. The first-order valence-electron chi connectivity index (χ1n) is 10.1. The molecular formula is C22H21Cl2F3N4OS. The number of thiazole rings is 1. The number of aryl methyl sites for hydroxylation is 1. The fourth-order valence-electron chi connectivity index (χ4n) is 3.04. The van der Waals surface area contributed by atoms with Crippen molar-refractivity contribution in [2.24, 2.45) is 0 Å². The summed E-state index contributed by atoms with van der Waals surface area (Å²) < 4.78 is 42.9. The van der Waals surface area contributed by atoms with Gasteiger partial charge in [-0.2, -0.15) is 8.78 Å². The van der Waals surface area contributed by atoms with Crippen molar-refractivity contribution in [2.45, 2.75) is 32.7 Å². The average molecular weight is 517 g/mol. The fourth-order valence-corrected chi connectivity index (χ4v) is 4.38. The lowest BCUT2D eigenvalue weighted by Crippen LogP contribution is -2.26. The fraction of sp³-hybridized carbons (Fsp3) is 0.318. The first-order valence-corrected chi connectivity index (χ1v) is 11.7. The van der Waals surface area contributed by atoms with E-state index in [2.05, 4.69) is 19.9 Å². The van der Waals surface area contributed by atoms with E-state index in [1.165, 1.54) is 17.7 Å². The van der Waals surface area contributed by atoms with E-state index in [1.807, 2.05) is 19.1 Å². The van der Waals surface area contributed by atoms with E-state index in [9.17, 15) is 13.2 Å². The van der Waals surface area contributed by atoms with Crippen molar-refractivity contribution >= 4 is 40.4 Å². The van der Waals surface area contributed by atoms with Crippen LogP contribution in [0.3, 0.4) is 0 Å². The SMILES string of the molecule is CCc1ncnc(N(CCc2ccc(OCCC(F)=C(F)F)cc2)Cc2cnc(Cl)s2)c1Cl. The minimum atomic E-state index is -2.31. The van der Waals surface area contributed by atoms with Crippen molar-refractivity contribution in [2.75, 3.05) is 18.1 Å². The summed E-state index contributed by atoms with van der Waals surface area (Å²) in [5.41, 5.74) is 1.80. The van der Waals surface area contributed by atoms with Crippen LogP contribution >= 0.6 is 34.5 Å². The van der Waals surface area contributed by atoms with Crippen LogP contribution in [0.15, 0.2) is 48.7 Å². The summed E-state index contributed by atoms with van der Waals surface area (Å²) in [6.07, 6.45) is 1.82. The molecule has 0 unspecified atom stereocenters. The Labute approximate surface area is 203 Å². The maximum atomic E-state index is 12.9. The van der Waals surface area contributed by atoms with E-state index in [-0.39, 0.29) is 6.61 Å². The number of aromatic nitrogens is 3. The van der Waals surface area contributed by atoms with Crippen LogP contribution in [-0.2, 0) is 19.4 Å².